The van der Waals surface area contributed by atoms with E-state index in [0.717, 1.165) is 6.42 Å². The number of nitrogens with zero attached hydrogens (tertiary/aromatic N) is 1. The predicted octanol–water partition coefficient (Wildman–Crippen LogP) is 0.519. The van der Waals surface area contributed by atoms with Gasteiger partial charge in [0.1, 0.15) is 6.04 Å². The number of hydrogen-bond acceptors (Lipinski definition) is 3. The highest BCUT2D eigenvalue weighted by Gasteiger charge is 2.29. The van der Waals surface area contributed by atoms with Gasteiger partial charge in [-0.15, -0.1) is 12.4 Å². The van der Waals surface area contributed by atoms with Gasteiger partial charge in [-0.2, -0.15) is 0 Å². The van der Waals surface area contributed by atoms with Crippen LogP contribution in [0, 0.1) is 5.92 Å². The maximum absolute atomic E-state index is 11.9. The van der Waals surface area contributed by atoms with Gasteiger partial charge in [0.2, 0.25) is 11.8 Å². The third-order valence-corrected chi connectivity index (χ3v) is 3.32. The standard InChI is InChI=1S/C12H23N3O2.ClH/c1-8(2)9(13)6-7-15(3)12(17)10-4-5-11(16)14-10;/h8-10H,4-7,13H2,1-3H3,(H,14,16);1H/t9?,10-;/m1./s1. The Morgan fingerprint density at radius 3 is 2.61 bits per heavy atom. The fourth-order valence-electron chi connectivity index (χ4n) is 1.85. The van der Waals surface area contributed by atoms with Gasteiger partial charge >= 0.3 is 0 Å². The summed E-state index contributed by atoms with van der Waals surface area (Å²) in [6, 6.07) is -0.216. The van der Waals surface area contributed by atoms with Crippen LogP contribution in [0.1, 0.15) is 33.1 Å². The third-order valence-electron chi connectivity index (χ3n) is 3.32. The van der Waals surface area contributed by atoms with E-state index in [1.807, 2.05) is 0 Å². The molecule has 0 saturated carbocycles. The molecular formula is C12H24ClN3O2. The maximum atomic E-state index is 11.9. The number of nitrogens with one attached hydrogen (secondary N) is 1. The van der Waals surface area contributed by atoms with E-state index >= 15 is 0 Å². The van der Waals surface area contributed by atoms with Gasteiger partial charge in [0.25, 0.3) is 0 Å². The zero-order valence-corrected chi connectivity index (χ0v) is 12.1. The Morgan fingerprint density at radius 1 is 1.56 bits per heavy atom. The summed E-state index contributed by atoms with van der Waals surface area (Å²) >= 11 is 0. The van der Waals surface area contributed by atoms with Crippen molar-refractivity contribution in [3.05, 3.63) is 0 Å². The summed E-state index contributed by atoms with van der Waals surface area (Å²) in [4.78, 5) is 24.6. The van der Waals surface area contributed by atoms with Crippen molar-refractivity contribution < 1.29 is 9.59 Å². The lowest BCUT2D eigenvalue weighted by Gasteiger charge is -2.23. The molecule has 2 atom stereocenters. The number of halogens is 1. The van der Waals surface area contributed by atoms with Crippen LogP contribution in [-0.2, 0) is 9.59 Å². The van der Waals surface area contributed by atoms with Gasteiger partial charge in [0, 0.05) is 26.1 Å². The second-order valence-electron chi connectivity index (χ2n) is 5.12. The van der Waals surface area contributed by atoms with E-state index in [0.29, 0.717) is 25.3 Å². The van der Waals surface area contributed by atoms with E-state index in [9.17, 15) is 9.59 Å². The summed E-state index contributed by atoms with van der Waals surface area (Å²) < 4.78 is 0. The zero-order valence-electron chi connectivity index (χ0n) is 11.3. The molecule has 106 valence electrons. The fraction of sp³-hybridized carbons (Fsp3) is 0.833. The second kappa shape index (κ2) is 7.59. The molecule has 1 heterocycles. The normalized spacial score (nSPS) is 20.3. The molecule has 0 aromatic rings. The number of rotatable bonds is 5. The molecule has 3 N–H and O–H groups in total. The van der Waals surface area contributed by atoms with Gasteiger partial charge in [0.15, 0.2) is 0 Å². The summed E-state index contributed by atoms with van der Waals surface area (Å²) in [5.41, 5.74) is 5.93. The van der Waals surface area contributed by atoms with Crippen molar-refractivity contribution in [2.45, 2.75) is 45.2 Å². The molecule has 0 radical (unpaired) electrons. The predicted molar refractivity (Wildman–Crippen MR) is 73.5 cm³/mol. The van der Waals surface area contributed by atoms with Crippen LogP contribution in [0.3, 0.4) is 0 Å². The molecule has 0 spiro atoms. The largest absolute Gasteiger partial charge is 0.344 e. The molecule has 2 amide bonds. The molecule has 1 unspecified atom stereocenters. The first-order chi connectivity index (χ1) is 7.91. The minimum absolute atomic E-state index is 0. The van der Waals surface area contributed by atoms with Gasteiger partial charge in [0.05, 0.1) is 0 Å². The van der Waals surface area contributed by atoms with Crippen molar-refractivity contribution in [2.24, 2.45) is 11.7 Å². The van der Waals surface area contributed by atoms with Gasteiger partial charge in [-0.1, -0.05) is 13.8 Å². The summed E-state index contributed by atoms with van der Waals surface area (Å²) in [6.07, 6.45) is 1.86. The van der Waals surface area contributed by atoms with E-state index < -0.39 is 0 Å². The van der Waals surface area contributed by atoms with Crippen LogP contribution < -0.4 is 11.1 Å². The smallest absolute Gasteiger partial charge is 0.244 e. The first-order valence-corrected chi connectivity index (χ1v) is 6.21. The topological polar surface area (TPSA) is 75.4 Å². The van der Waals surface area contributed by atoms with Gasteiger partial charge < -0.3 is 16.0 Å². The molecule has 18 heavy (non-hydrogen) atoms. The molecule has 0 aliphatic carbocycles. The van der Waals surface area contributed by atoms with Gasteiger partial charge in [-0.05, 0) is 18.8 Å². The second-order valence-corrected chi connectivity index (χ2v) is 5.12. The van der Waals surface area contributed by atoms with Crippen LogP contribution in [0.4, 0.5) is 0 Å². The quantitative estimate of drug-likeness (QED) is 0.769. The number of nitrogens with two attached hydrogens (primary N) is 1. The molecule has 6 heteroatoms. The number of hydrogen-bond donors (Lipinski definition) is 2. The Kier molecular flexibility index (Phi) is 7.25. The fourth-order valence-corrected chi connectivity index (χ4v) is 1.85. The van der Waals surface area contributed by atoms with E-state index in [1.165, 1.54) is 0 Å². The number of carbonyl (C=O) groups excluding carboxylic acids is 2. The minimum atomic E-state index is -0.331. The Hall–Kier alpha value is -0.810. The van der Waals surface area contributed by atoms with Crippen LogP contribution in [0.5, 0.6) is 0 Å². The first-order valence-electron chi connectivity index (χ1n) is 6.21. The molecule has 1 saturated heterocycles. The van der Waals surface area contributed by atoms with Crippen LogP contribution in [0.2, 0.25) is 0 Å². The summed E-state index contributed by atoms with van der Waals surface area (Å²) in [5, 5.41) is 2.68. The monoisotopic (exact) mass is 277 g/mol. The molecule has 0 aromatic heterocycles. The Morgan fingerprint density at radius 2 is 2.17 bits per heavy atom. The average molecular weight is 278 g/mol. The highest BCUT2D eigenvalue weighted by molar-refractivity contribution is 5.90. The summed E-state index contributed by atoms with van der Waals surface area (Å²) in [6.45, 7) is 4.79. The molecule has 0 bridgehead atoms. The van der Waals surface area contributed by atoms with Crippen LogP contribution in [0.15, 0.2) is 0 Å². The van der Waals surface area contributed by atoms with Crippen molar-refractivity contribution in [3.8, 4) is 0 Å². The Labute approximate surface area is 115 Å². The molecule has 1 rings (SSSR count). The van der Waals surface area contributed by atoms with Gasteiger partial charge in [-0.25, -0.2) is 0 Å². The average Bonchev–Trinajstić information content (AvgIpc) is 2.70. The summed E-state index contributed by atoms with van der Waals surface area (Å²) in [7, 11) is 1.76. The van der Waals surface area contributed by atoms with E-state index in [2.05, 4.69) is 19.2 Å². The number of carbonyl (C=O) groups is 2. The Bertz CT molecular complexity index is 297. The van der Waals surface area contributed by atoms with E-state index in [4.69, 9.17) is 5.73 Å². The molecular weight excluding hydrogens is 254 g/mol. The third kappa shape index (κ3) is 4.82. The highest BCUT2D eigenvalue weighted by atomic mass is 35.5. The van der Waals surface area contributed by atoms with Crippen molar-refractivity contribution in [2.75, 3.05) is 13.6 Å². The van der Waals surface area contributed by atoms with Crippen LogP contribution in [0.25, 0.3) is 0 Å². The van der Waals surface area contributed by atoms with E-state index in [-0.39, 0.29) is 36.3 Å². The van der Waals surface area contributed by atoms with Gasteiger partial charge in [-0.3, -0.25) is 9.59 Å². The maximum Gasteiger partial charge on any atom is 0.244 e. The van der Waals surface area contributed by atoms with Crippen molar-refractivity contribution in [1.29, 1.82) is 0 Å². The van der Waals surface area contributed by atoms with E-state index in [1.54, 1.807) is 11.9 Å². The van der Waals surface area contributed by atoms with Crippen molar-refractivity contribution >= 4 is 24.2 Å². The van der Waals surface area contributed by atoms with Crippen molar-refractivity contribution in [3.63, 3.8) is 0 Å². The number of likely N-dealkylation sites (N-methyl/N-ethyl adjacent to an activating group) is 1. The SMILES string of the molecule is CC(C)C(N)CCN(C)C(=O)[C@H]1CCC(=O)N1.Cl. The molecule has 1 aliphatic heterocycles. The number of amides is 2. The molecule has 5 nitrogen and oxygen atoms in total. The lowest BCUT2D eigenvalue weighted by Crippen LogP contribution is -2.44. The highest BCUT2D eigenvalue weighted by Crippen LogP contribution is 2.10. The summed E-state index contributed by atoms with van der Waals surface area (Å²) in [5.74, 6) is 0.382. The minimum Gasteiger partial charge on any atom is -0.344 e. The lowest BCUT2D eigenvalue weighted by molar-refractivity contribution is -0.133. The van der Waals surface area contributed by atoms with Crippen LogP contribution in [-0.4, -0.2) is 42.4 Å². The molecule has 1 aliphatic rings. The van der Waals surface area contributed by atoms with Crippen LogP contribution >= 0.6 is 12.4 Å². The Balaban J connectivity index is 0.00000289. The molecule has 0 aromatic carbocycles. The molecule has 1 fully saturated rings. The lowest BCUT2D eigenvalue weighted by atomic mass is 10.0. The zero-order chi connectivity index (χ0) is 13.0. The van der Waals surface area contributed by atoms with Crippen molar-refractivity contribution in [1.82, 2.24) is 10.2 Å². The first kappa shape index (κ1) is 17.2.